The highest BCUT2D eigenvalue weighted by Gasteiger charge is 2.24. The minimum absolute atomic E-state index is 0.179. The van der Waals surface area contributed by atoms with E-state index < -0.39 is 20.2 Å². The van der Waals surface area contributed by atoms with Gasteiger partial charge in [0.15, 0.2) is 0 Å². The van der Waals surface area contributed by atoms with Crippen LogP contribution in [0.5, 0.6) is 0 Å². The Bertz CT molecular complexity index is 709. The minimum Gasteiger partial charge on any atom is -0.211 e. The Morgan fingerprint density at radius 3 is 2.13 bits per heavy atom. The number of sulfonamides is 1. The molecule has 0 saturated carbocycles. The van der Waals surface area contributed by atoms with E-state index >= 15 is 0 Å². The third kappa shape index (κ3) is 5.25. The number of hydrogen-bond donors (Lipinski definition) is 2. The van der Waals surface area contributed by atoms with Gasteiger partial charge in [-0.15, -0.1) is 0 Å². The van der Waals surface area contributed by atoms with Crippen molar-refractivity contribution in [1.82, 2.24) is 13.7 Å². The van der Waals surface area contributed by atoms with E-state index in [0.717, 1.165) is 18.4 Å². The summed E-state index contributed by atoms with van der Waals surface area (Å²) in [6, 6.07) is 6.57. The summed E-state index contributed by atoms with van der Waals surface area (Å²) in [5.41, 5.74) is 0.986. The zero-order valence-corrected chi connectivity index (χ0v) is 14.8. The van der Waals surface area contributed by atoms with Gasteiger partial charge in [-0.2, -0.15) is 12.7 Å². The molecule has 0 atom stereocenters. The summed E-state index contributed by atoms with van der Waals surface area (Å²) >= 11 is 0. The Kier molecular flexibility index (Phi) is 6.15. The van der Waals surface area contributed by atoms with Crippen LogP contribution in [0.1, 0.15) is 24.8 Å². The molecule has 1 aromatic rings. The predicted octanol–water partition coefficient (Wildman–Crippen LogP) is 0.594. The van der Waals surface area contributed by atoms with Gasteiger partial charge in [-0.05, 0) is 38.3 Å². The van der Waals surface area contributed by atoms with Crippen molar-refractivity contribution < 1.29 is 16.8 Å². The van der Waals surface area contributed by atoms with Crippen molar-refractivity contribution in [3.63, 3.8) is 0 Å². The van der Waals surface area contributed by atoms with Crippen molar-refractivity contribution >= 4 is 20.2 Å². The molecule has 0 radical (unpaired) electrons. The van der Waals surface area contributed by atoms with E-state index in [0.29, 0.717) is 19.5 Å². The van der Waals surface area contributed by atoms with E-state index in [1.807, 2.05) is 6.92 Å². The summed E-state index contributed by atoms with van der Waals surface area (Å²) in [4.78, 5) is 0.209. The van der Waals surface area contributed by atoms with Crippen LogP contribution in [0.2, 0.25) is 0 Å². The van der Waals surface area contributed by atoms with Crippen LogP contribution in [0.25, 0.3) is 0 Å². The normalized spacial score (nSPS) is 16.7. The lowest BCUT2D eigenvalue weighted by Gasteiger charge is -2.16. The molecule has 0 amide bonds. The van der Waals surface area contributed by atoms with Crippen LogP contribution in [0.3, 0.4) is 0 Å². The van der Waals surface area contributed by atoms with Crippen LogP contribution in [0, 0.1) is 6.92 Å². The molecule has 23 heavy (non-hydrogen) atoms. The molecule has 0 aliphatic carbocycles. The second kappa shape index (κ2) is 7.71. The molecule has 1 aromatic carbocycles. The average molecular weight is 361 g/mol. The Morgan fingerprint density at radius 2 is 1.52 bits per heavy atom. The van der Waals surface area contributed by atoms with Gasteiger partial charge in [0.25, 0.3) is 10.2 Å². The quantitative estimate of drug-likeness (QED) is 0.663. The van der Waals surface area contributed by atoms with Gasteiger partial charge in [-0.1, -0.05) is 17.7 Å². The van der Waals surface area contributed by atoms with Crippen molar-refractivity contribution in [2.24, 2.45) is 0 Å². The summed E-state index contributed by atoms with van der Waals surface area (Å²) in [5, 5.41) is 0. The summed E-state index contributed by atoms with van der Waals surface area (Å²) in [6.45, 7) is 3.37. The zero-order valence-electron chi connectivity index (χ0n) is 13.2. The topological polar surface area (TPSA) is 95.6 Å². The fourth-order valence-electron chi connectivity index (χ4n) is 2.32. The molecular weight excluding hydrogens is 338 g/mol. The van der Waals surface area contributed by atoms with E-state index in [2.05, 4.69) is 9.44 Å². The first-order chi connectivity index (χ1) is 10.8. The number of hydrogen-bond acceptors (Lipinski definition) is 4. The van der Waals surface area contributed by atoms with Crippen molar-refractivity contribution in [3.05, 3.63) is 29.8 Å². The fraction of sp³-hybridized carbons (Fsp3) is 0.571. The molecule has 0 unspecified atom stereocenters. The highest BCUT2D eigenvalue weighted by molar-refractivity contribution is 7.89. The van der Waals surface area contributed by atoms with Crippen LogP contribution in [-0.2, 0) is 20.2 Å². The van der Waals surface area contributed by atoms with E-state index in [4.69, 9.17) is 0 Å². The van der Waals surface area contributed by atoms with Crippen molar-refractivity contribution in [1.29, 1.82) is 0 Å². The molecule has 130 valence electrons. The minimum atomic E-state index is -3.55. The van der Waals surface area contributed by atoms with Crippen LogP contribution in [0.4, 0.5) is 0 Å². The number of nitrogens with one attached hydrogen (secondary N) is 2. The van der Waals surface area contributed by atoms with Crippen molar-refractivity contribution in [2.45, 2.75) is 31.1 Å². The van der Waals surface area contributed by atoms with Crippen LogP contribution in [-0.4, -0.2) is 47.3 Å². The molecule has 2 rings (SSSR count). The van der Waals surface area contributed by atoms with Gasteiger partial charge in [0.2, 0.25) is 10.0 Å². The molecular formula is C14H23N3O4S2. The highest BCUT2D eigenvalue weighted by Crippen LogP contribution is 2.11. The van der Waals surface area contributed by atoms with Crippen molar-refractivity contribution in [3.8, 4) is 0 Å². The lowest BCUT2D eigenvalue weighted by atomic mass is 10.2. The average Bonchev–Trinajstić information content (AvgIpc) is 3.02. The van der Waals surface area contributed by atoms with E-state index in [9.17, 15) is 16.8 Å². The van der Waals surface area contributed by atoms with E-state index in [1.54, 1.807) is 24.3 Å². The maximum absolute atomic E-state index is 12.1. The molecule has 2 N–H and O–H groups in total. The summed E-state index contributed by atoms with van der Waals surface area (Å²) in [7, 11) is -6.97. The summed E-state index contributed by atoms with van der Waals surface area (Å²) in [6.07, 6.45) is 2.16. The molecule has 0 bridgehead atoms. The molecule has 1 aliphatic rings. The van der Waals surface area contributed by atoms with Gasteiger partial charge in [0.05, 0.1) is 4.90 Å². The SMILES string of the molecule is Cc1ccc(S(=O)(=O)NCCCNS(=O)(=O)N2CCCC2)cc1. The Hall–Kier alpha value is -1.00. The Morgan fingerprint density at radius 1 is 0.957 bits per heavy atom. The van der Waals surface area contributed by atoms with Gasteiger partial charge in [-0.3, -0.25) is 0 Å². The van der Waals surface area contributed by atoms with E-state index in [1.165, 1.54) is 4.31 Å². The third-order valence-corrected chi connectivity index (χ3v) is 6.76. The van der Waals surface area contributed by atoms with Crippen molar-refractivity contribution in [2.75, 3.05) is 26.2 Å². The van der Waals surface area contributed by atoms with Gasteiger partial charge >= 0.3 is 0 Å². The first kappa shape index (κ1) is 18.3. The summed E-state index contributed by atoms with van der Waals surface area (Å²) < 4.78 is 54.3. The maximum atomic E-state index is 12.1. The first-order valence-electron chi connectivity index (χ1n) is 7.62. The number of rotatable bonds is 8. The molecule has 1 saturated heterocycles. The highest BCUT2D eigenvalue weighted by atomic mass is 32.2. The molecule has 1 aliphatic heterocycles. The van der Waals surface area contributed by atoms with Gasteiger partial charge in [0, 0.05) is 26.2 Å². The Labute approximate surface area is 138 Å². The molecule has 1 fully saturated rings. The van der Waals surface area contributed by atoms with E-state index in [-0.39, 0.29) is 18.0 Å². The molecule has 9 heteroatoms. The van der Waals surface area contributed by atoms with Gasteiger partial charge in [0.1, 0.15) is 0 Å². The smallest absolute Gasteiger partial charge is 0.211 e. The lowest BCUT2D eigenvalue weighted by molar-refractivity contribution is 0.464. The first-order valence-corrected chi connectivity index (χ1v) is 10.5. The predicted molar refractivity (Wildman–Crippen MR) is 88.7 cm³/mol. The maximum Gasteiger partial charge on any atom is 0.279 e. The van der Waals surface area contributed by atoms with Crippen LogP contribution in [0.15, 0.2) is 29.2 Å². The molecule has 0 spiro atoms. The van der Waals surface area contributed by atoms with Crippen LogP contribution < -0.4 is 9.44 Å². The monoisotopic (exact) mass is 361 g/mol. The number of benzene rings is 1. The molecule has 1 heterocycles. The molecule has 0 aromatic heterocycles. The number of nitrogens with zero attached hydrogens (tertiary/aromatic N) is 1. The summed E-state index contributed by atoms with van der Waals surface area (Å²) in [5.74, 6) is 0. The lowest BCUT2D eigenvalue weighted by Crippen LogP contribution is -2.40. The second-order valence-electron chi connectivity index (χ2n) is 5.57. The van der Waals surface area contributed by atoms with Crippen LogP contribution >= 0.6 is 0 Å². The Balaban J connectivity index is 1.75. The third-order valence-electron chi connectivity index (χ3n) is 3.67. The fourth-order valence-corrected chi connectivity index (χ4v) is 4.71. The van der Waals surface area contributed by atoms with Gasteiger partial charge in [-0.25, -0.2) is 17.9 Å². The second-order valence-corrected chi connectivity index (χ2v) is 9.09. The molecule has 7 nitrogen and oxygen atoms in total. The van der Waals surface area contributed by atoms with Gasteiger partial charge < -0.3 is 0 Å². The zero-order chi connectivity index (χ0) is 16.9. The standard InChI is InChI=1S/C14H23N3O4S2/c1-13-5-7-14(8-6-13)22(18,19)15-9-4-10-16-23(20,21)17-11-2-3-12-17/h5-8,15-16H,2-4,9-12H2,1H3. The largest absolute Gasteiger partial charge is 0.279 e. The number of aryl methyl sites for hydroxylation is 1.